The highest BCUT2D eigenvalue weighted by Gasteiger charge is 2.16. The fourth-order valence-electron chi connectivity index (χ4n) is 8.77. The highest BCUT2D eigenvalue weighted by molar-refractivity contribution is 5.70. The maximum absolute atomic E-state index is 12.3. The molecule has 0 spiro atoms. The molecular formula is C67H116O5. The molecule has 0 rings (SSSR count). The summed E-state index contributed by atoms with van der Waals surface area (Å²) in [7, 11) is 0. The molecule has 0 aliphatic carbocycles. The van der Waals surface area contributed by atoms with E-state index in [4.69, 9.17) is 9.47 Å². The van der Waals surface area contributed by atoms with Crippen LogP contribution in [0.2, 0.25) is 0 Å². The van der Waals surface area contributed by atoms with Crippen LogP contribution in [0.25, 0.3) is 0 Å². The molecule has 1 atom stereocenters. The zero-order valence-electron chi connectivity index (χ0n) is 47.4. The van der Waals surface area contributed by atoms with E-state index in [1.807, 2.05) is 0 Å². The van der Waals surface area contributed by atoms with Crippen LogP contribution in [-0.4, -0.2) is 36.4 Å². The van der Waals surface area contributed by atoms with Crippen molar-refractivity contribution in [2.24, 2.45) is 0 Å². The third kappa shape index (κ3) is 59.4. The van der Waals surface area contributed by atoms with E-state index in [0.29, 0.717) is 12.8 Å². The smallest absolute Gasteiger partial charge is 0.306 e. The molecule has 0 fully saturated rings. The molecule has 0 heterocycles. The van der Waals surface area contributed by atoms with E-state index >= 15 is 0 Å². The molecule has 0 saturated heterocycles. The van der Waals surface area contributed by atoms with Crippen LogP contribution in [0.4, 0.5) is 0 Å². The monoisotopic (exact) mass is 1000 g/mol. The first-order valence-electron chi connectivity index (χ1n) is 30.8. The Hall–Kier alpha value is -3.18. The van der Waals surface area contributed by atoms with E-state index < -0.39 is 6.10 Å². The maximum Gasteiger partial charge on any atom is 0.306 e. The second kappa shape index (κ2) is 62.1. The van der Waals surface area contributed by atoms with Gasteiger partial charge in [-0.3, -0.25) is 9.59 Å². The number of hydrogen-bond acceptors (Lipinski definition) is 5. The highest BCUT2D eigenvalue weighted by atomic mass is 16.6. The second-order valence-corrected chi connectivity index (χ2v) is 20.4. The zero-order valence-corrected chi connectivity index (χ0v) is 47.4. The van der Waals surface area contributed by atoms with E-state index in [9.17, 15) is 14.7 Å². The van der Waals surface area contributed by atoms with Gasteiger partial charge in [0.05, 0.1) is 6.61 Å². The predicted octanol–water partition coefficient (Wildman–Crippen LogP) is 21.1. The Bertz CT molecular complexity index is 1360. The van der Waals surface area contributed by atoms with Gasteiger partial charge in [-0.1, -0.05) is 284 Å². The summed E-state index contributed by atoms with van der Waals surface area (Å²) in [5.41, 5.74) is 0. The standard InChI is InChI=1S/C67H116O5/c1-3-5-7-9-11-13-15-17-19-21-23-24-25-26-27-28-29-30-31-32-33-34-35-36-37-38-39-40-41-42-44-46-48-50-52-54-56-58-60-62-67(70)72-65(63-68)64-71-66(69)61-59-57-55-53-51-49-47-45-43-22-20-18-16-14-12-10-8-6-4-2/h5,7,11-14,17-20,23-24,26-27,43,45,65,68H,3-4,6,8-10,15-16,21-22,25,28-42,44,46-64H2,1-2H3/b7-5-,13-11-,14-12-,19-17-,20-18-,24-23-,27-26-,45-43-. The highest BCUT2D eigenvalue weighted by Crippen LogP contribution is 2.17. The molecule has 0 aromatic rings. The summed E-state index contributed by atoms with van der Waals surface area (Å²) in [6, 6.07) is 0. The number of carbonyl (C=O) groups excluding carboxylic acids is 2. The van der Waals surface area contributed by atoms with Crippen LogP contribution >= 0.6 is 0 Å². The second-order valence-electron chi connectivity index (χ2n) is 20.4. The number of allylic oxidation sites excluding steroid dienone is 16. The zero-order chi connectivity index (χ0) is 52.0. The first-order chi connectivity index (χ1) is 35.6. The van der Waals surface area contributed by atoms with Gasteiger partial charge in [0.2, 0.25) is 0 Å². The Morgan fingerprint density at radius 2 is 0.597 bits per heavy atom. The Kier molecular flexibility index (Phi) is 59.4. The number of unbranched alkanes of at least 4 members (excludes halogenated alkanes) is 32. The van der Waals surface area contributed by atoms with E-state index in [1.165, 1.54) is 180 Å². The predicted molar refractivity (Wildman–Crippen MR) is 316 cm³/mol. The molecule has 72 heavy (non-hydrogen) atoms. The van der Waals surface area contributed by atoms with Crippen LogP contribution in [0.1, 0.15) is 296 Å². The van der Waals surface area contributed by atoms with Crippen LogP contribution in [-0.2, 0) is 19.1 Å². The van der Waals surface area contributed by atoms with Crippen LogP contribution in [0.15, 0.2) is 97.2 Å². The number of esters is 2. The van der Waals surface area contributed by atoms with Crippen molar-refractivity contribution < 1.29 is 24.2 Å². The molecule has 0 aromatic heterocycles. The van der Waals surface area contributed by atoms with Gasteiger partial charge >= 0.3 is 11.9 Å². The largest absolute Gasteiger partial charge is 0.462 e. The van der Waals surface area contributed by atoms with Gasteiger partial charge < -0.3 is 14.6 Å². The first-order valence-corrected chi connectivity index (χ1v) is 30.8. The molecule has 414 valence electrons. The SMILES string of the molecule is CC/C=C\C/C=C\C/C=C\C/C=C\C/C=C\CCCCCCCCCCCCCCCCCCCCCCCCCC(=O)OC(CO)COC(=O)CCCCCCCC/C=C\C/C=C\C/C=C\CCCCC. The lowest BCUT2D eigenvalue weighted by Gasteiger charge is -2.15. The lowest BCUT2D eigenvalue weighted by Crippen LogP contribution is -2.28. The molecule has 0 aromatic carbocycles. The molecule has 1 unspecified atom stereocenters. The lowest BCUT2D eigenvalue weighted by atomic mass is 10.0. The lowest BCUT2D eigenvalue weighted by molar-refractivity contribution is -0.161. The van der Waals surface area contributed by atoms with Gasteiger partial charge in [-0.2, -0.15) is 0 Å². The number of hydrogen-bond donors (Lipinski definition) is 1. The molecule has 0 aliphatic heterocycles. The van der Waals surface area contributed by atoms with Crippen molar-refractivity contribution in [1.29, 1.82) is 0 Å². The van der Waals surface area contributed by atoms with Crippen molar-refractivity contribution in [2.75, 3.05) is 13.2 Å². The van der Waals surface area contributed by atoms with Gasteiger partial charge in [0, 0.05) is 12.8 Å². The molecule has 0 bridgehead atoms. The third-order valence-electron chi connectivity index (χ3n) is 13.4. The topological polar surface area (TPSA) is 72.8 Å². The van der Waals surface area contributed by atoms with Crippen LogP contribution in [0, 0.1) is 0 Å². The van der Waals surface area contributed by atoms with Crippen molar-refractivity contribution in [3.63, 3.8) is 0 Å². The molecule has 5 heteroatoms. The van der Waals surface area contributed by atoms with Crippen molar-refractivity contribution in [3.05, 3.63) is 97.2 Å². The molecule has 0 amide bonds. The Morgan fingerprint density at radius 3 is 0.903 bits per heavy atom. The van der Waals surface area contributed by atoms with Gasteiger partial charge in [0.15, 0.2) is 6.10 Å². The summed E-state index contributed by atoms with van der Waals surface area (Å²) in [6.45, 7) is 4.01. The first kappa shape index (κ1) is 68.8. The minimum absolute atomic E-state index is 0.0731. The van der Waals surface area contributed by atoms with Gasteiger partial charge in [0.1, 0.15) is 6.61 Å². The summed E-state index contributed by atoms with van der Waals surface area (Å²) in [5, 5.41) is 9.66. The molecule has 0 saturated carbocycles. The number of aliphatic hydroxyl groups is 1. The van der Waals surface area contributed by atoms with Crippen molar-refractivity contribution in [2.45, 2.75) is 302 Å². The molecule has 5 nitrogen and oxygen atoms in total. The summed E-state index contributed by atoms with van der Waals surface area (Å²) < 4.78 is 10.7. The number of rotatable bonds is 56. The van der Waals surface area contributed by atoms with Gasteiger partial charge in [0.25, 0.3) is 0 Å². The fourth-order valence-corrected chi connectivity index (χ4v) is 8.77. The van der Waals surface area contributed by atoms with Crippen LogP contribution in [0.3, 0.4) is 0 Å². The maximum atomic E-state index is 12.3. The molecule has 0 aliphatic rings. The summed E-state index contributed by atoms with van der Waals surface area (Å²) in [5.74, 6) is -0.597. The van der Waals surface area contributed by atoms with Gasteiger partial charge in [-0.15, -0.1) is 0 Å². The van der Waals surface area contributed by atoms with Crippen LogP contribution < -0.4 is 0 Å². The number of aliphatic hydroxyl groups excluding tert-OH is 1. The summed E-state index contributed by atoms with van der Waals surface area (Å²) >= 11 is 0. The quantitative estimate of drug-likeness (QED) is 0.0373. The van der Waals surface area contributed by atoms with Gasteiger partial charge in [-0.05, 0) is 96.3 Å². The molecule has 0 radical (unpaired) electrons. The van der Waals surface area contributed by atoms with E-state index in [1.54, 1.807) is 0 Å². The average Bonchev–Trinajstić information content (AvgIpc) is 3.38. The average molecular weight is 1000 g/mol. The minimum atomic E-state index is -0.781. The summed E-state index contributed by atoms with van der Waals surface area (Å²) in [4.78, 5) is 24.5. The Labute approximate surface area is 447 Å². The Balaban J connectivity index is 3.44. The normalized spacial score (nSPS) is 12.9. The summed E-state index contributed by atoms with van der Waals surface area (Å²) in [6.07, 6.45) is 88.4. The van der Waals surface area contributed by atoms with Crippen molar-refractivity contribution >= 4 is 11.9 Å². The van der Waals surface area contributed by atoms with Crippen molar-refractivity contribution in [1.82, 2.24) is 0 Å². The Morgan fingerprint density at radius 1 is 0.333 bits per heavy atom. The number of carbonyl (C=O) groups is 2. The van der Waals surface area contributed by atoms with E-state index in [0.717, 1.165) is 89.9 Å². The third-order valence-corrected chi connectivity index (χ3v) is 13.4. The minimum Gasteiger partial charge on any atom is -0.462 e. The molecule has 1 N–H and O–H groups in total. The fraction of sp³-hybridized carbons (Fsp3) is 0.731. The van der Waals surface area contributed by atoms with E-state index in [2.05, 4.69) is 111 Å². The number of ether oxygens (including phenoxy) is 2. The van der Waals surface area contributed by atoms with Crippen LogP contribution in [0.5, 0.6) is 0 Å². The van der Waals surface area contributed by atoms with Gasteiger partial charge in [-0.25, -0.2) is 0 Å². The molecular weight excluding hydrogens is 885 g/mol. The van der Waals surface area contributed by atoms with E-state index in [-0.39, 0.29) is 25.2 Å². The van der Waals surface area contributed by atoms with Crippen molar-refractivity contribution in [3.8, 4) is 0 Å².